The molecular weight excluding hydrogens is 264 g/mol. The van der Waals surface area contributed by atoms with E-state index in [1.807, 2.05) is 24.3 Å². The van der Waals surface area contributed by atoms with Crippen LogP contribution in [0.5, 0.6) is 11.5 Å². The smallest absolute Gasteiger partial charge is 0.119 e. The maximum atomic E-state index is 5.73. The molecular formula is C17H22N2O2. The molecule has 1 aliphatic rings. The fourth-order valence-electron chi connectivity index (χ4n) is 2.22. The maximum absolute atomic E-state index is 5.73. The average molecular weight is 286 g/mol. The lowest BCUT2D eigenvalue weighted by Crippen LogP contribution is -2.14. The van der Waals surface area contributed by atoms with Gasteiger partial charge in [0, 0.05) is 25.0 Å². The molecule has 0 unspecified atom stereocenters. The third kappa shape index (κ3) is 4.26. The van der Waals surface area contributed by atoms with E-state index in [-0.39, 0.29) is 0 Å². The molecule has 0 atom stereocenters. The summed E-state index contributed by atoms with van der Waals surface area (Å²) in [6.07, 6.45) is 6.96. The minimum absolute atomic E-state index is 0.663. The normalized spacial score (nSPS) is 14.1. The number of rotatable bonds is 8. The molecule has 3 rings (SSSR count). The molecule has 4 heteroatoms. The molecule has 4 nitrogen and oxygen atoms in total. The topological polar surface area (TPSA) is 35.4 Å². The Morgan fingerprint density at radius 2 is 1.90 bits per heavy atom. The molecule has 1 fully saturated rings. The molecule has 1 aliphatic carbocycles. The van der Waals surface area contributed by atoms with Crippen LogP contribution in [0.2, 0.25) is 0 Å². The largest absolute Gasteiger partial charge is 0.497 e. The second kappa shape index (κ2) is 6.68. The number of methoxy groups -OCH3 is 1. The van der Waals surface area contributed by atoms with Gasteiger partial charge in [-0.25, -0.2) is 0 Å². The van der Waals surface area contributed by atoms with Crippen LogP contribution in [0.4, 0.5) is 0 Å². The van der Waals surface area contributed by atoms with E-state index in [9.17, 15) is 0 Å². The minimum Gasteiger partial charge on any atom is -0.497 e. The summed E-state index contributed by atoms with van der Waals surface area (Å²) >= 11 is 0. The molecule has 0 bridgehead atoms. The van der Waals surface area contributed by atoms with E-state index in [1.165, 1.54) is 18.4 Å². The second-order valence-corrected chi connectivity index (χ2v) is 5.44. The van der Waals surface area contributed by atoms with Crippen LogP contribution in [0.15, 0.2) is 42.7 Å². The number of hydrogen-bond donors (Lipinski definition) is 1. The Bertz CT molecular complexity index is 558. The van der Waals surface area contributed by atoms with E-state index in [2.05, 4.69) is 28.3 Å². The first-order valence-electron chi connectivity index (χ1n) is 7.48. The molecule has 1 heterocycles. The van der Waals surface area contributed by atoms with Crippen molar-refractivity contribution in [1.29, 1.82) is 0 Å². The number of ether oxygens (including phenoxy) is 2. The Hall–Kier alpha value is -1.94. The lowest BCUT2D eigenvalue weighted by atomic mass is 10.3. The SMILES string of the molecule is COc1ccc(OCCn2ccc(CNC3CC3)c2)cc1. The van der Waals surface area contributed by atoms with Crippen LogP contribution in [0.3, 0.4) is 0 Å². The zero-order valence-corrected chi connectivity index (χ0v) is 12.4. The lowest BCUT2D eigenvalue weighted by Gasteiger charge is -2.07. The van der Waals surface area contributed by atoms with Crippen LogP contribution >= 0.6 is 0 Å². The summed E-state index contributed by atoms with van der Waals surface area (Å²) in [5.74, 6) is 1.72. The lowest BCUT2D eigenvalue weighted by molar-refractivity contribution is 0.298. The summed E-state index contributed by atoms with van der Waals surface area (Å²) < 4.78 is 13.0. The summed E-state index contributed by atoms with van der Waals surface area (Å²) in [6.45, 7) is 2.49. The van der Waals surface area contributed by atoms with Gasteiger partial charge in [0.1, 0.15) is 18.1 Å². The standard InChI is InChI=1S/C17H22N2O2/c1-20-16-4-6-17(7-5-16)21-11-10-19-9-8-14(13-19)12-18-15-2-3-15/h4-9,13,15,18H,2-3,10-12H2,1H3. The fourth-order valence-corrected chi connectivity index (χ4v) is 2.22. The van der Waals surface area contributed by atoms with Gasteiger partial charge >= 0.3 is 0 Å². The summed E-state index contributed by atoms with van der Waals surface area (Å²) in [5.41, 5.74) is 1.34. The molecule has 0 amide bonds. The van der Waals surface area contributed by atoms with Crippen molar-refractivity contribution in [2.45, 2.75) is 32.0 Å². The molecule has 0 spiro atoms. The van der Waals surface area contributed by atoms with Crippen molar-refractivity contribution in [1.82, 2.24) is 9.88 Å². The molecule has 1 aromatic carbocycles. The Morgan fingerprint density at radius 3 is 2.62 bits per heavy atom. The summed E-state index contributed by atoms with van der Waals surface area (Å²) in [5, 5.41) is 3.52. The Labute approximate surface area is 125 Å². The predicted octanol–water partition coefficient (Wildman–Crippen LogP) is 2.83. The summed E-state index contributed by atoms with van der Waals surface area (Å²) in [7, 11) is 1.66. The summed E-state index contributed by atoms with van der Waals surface area (Å²) in [6, 6.07) is 10.6. The van der Waals surface area contributed by atoms with E-state index in [0.717, 1.165) is 30.6 Å². The molecule has 0 aliphatic heterocycles. The quantitative estimate of drug-likeness (QED) is 0.810. The van der Waals surface area contributed by atoms with E-state index in [4.69, 9.17) is 9.47 Å². The van der Waals surface area contributed by atoms with Gasteiger partial charge in [0.2, 0.25) is 0 Å². The van der Waals surface area contributed by atoms with Crippen molar-refractivity contribution < 1.29 is 9.47 Å². The van der Waals surface area contributed by atoms with Gasteiger partial charge < -0.3 is 19.4 Å². The average Bonchev–Trinajstić information content (AvgIpc) is 3.25. The zero-order chi connectivity index (χ0) is 14.5. The van der Waals surface area contributed by atoms with E-state index < -0.39 is 0 Å². The zero-order valence-electron chi connectivity index (χ0n) is 12.4. The van der Waals surface area contributed by atoms with Gasteiger partial charge in [0.15, 0.2) is 0 Å². The van der Waals surface area contributed by atoms with Gasteiger partial charge in [0.25, 0.3) is 0 Å². The molecule has 2 aromatic rings. The third-order valence-electron chi connectivity index (χ3n) is 3.66. The number of benzene rings is 1. The van der Waals surface area contributed by atoms with Crippen molar-refractivity contribution in [2.75, 3.05) is 13.7 Å². The maximum Gasteiger partial charge on any atom is 0.119 e. The first kappa shape index (κ1) is 14.0. The van der Waals surface area contributed by atoms with Crippen molar-refractivity contribution in [3.05, 3.63) is 48.3 Å². The highest BCUT2D eigenvalue weighted by Crippen LogP contribution is 2.19. The predicted molar refractivity (Wildman–Crippen MR) is 82.8 cm³/mol. The monoisotopic (exact) mass is 286 g/mol. The highest BCUT2D eigenvalue weighted by atomic mass is 16.5. The molecule has 0 radical (unpaired) electrons. The number of nitrogens with zero attached hydrogens (tertiary/aromatic N) is 1. The minimum atomic E-state index is 0.663. The van der Waals surface area contributed by atoms with Gasteiger partial charge in [-0.3, -0.25) is 0 Å². The molecule has 21 heavy (non-hydrogen) atoms. The summed E-state index contributed by atoms with van der Waals surface area (Å²) in [4.78, 5) is 0. The van der Waals surface area contributed by atoms with Crippen LogP contribution in [0.1, 0.15) is 18.4 Å². The molecule has 112 valence electrons. The van der Waals surface area contributed by atoms with E-state index in [1.54, 1.807) is 7.11 Å². The fraction of sp³-hybridized carbons (Fsp3) is 0.412. The highest BCUT2D eigenvalue weighted by molar-refractivity contribution is 5.31. The number of nitrogens with one attached hydrogen (secondary N) is 1. The highest BCUT2D eigenvalue weighted by Gasteiger charge is 2.19. The number of hydrogen-bond acceptors (Lipinski definition) is 3. The Kier molecular flexibility index (Phi) is 4.46. The van der Waals surface area contributed by atoms with Crippen molar-refractivity contribution >= 4 is 0 Å². The van der Waals surface area contributed by atoms with Crippen molar-refractivity contribution in [3.63, 3.8) is 0 Å². The van der Waals surface area contributed by atoms with Crippen LogP contribution in [0.25, 0.3) is 0 Å². The van der Waals surface area contributed by atoms with E-state index in [0.29, 0.717) is 6.61 Å². The molecule has 1 N–H and O–H groups in total. The van der Waals surface area contributed by atoms with Gasteiger partial charge in [-0.1, -0.05) is 0 Å². The Morgan fingerprint density at radius 1 is 1.14 bits per heavy atom. The first-order chi connectivity index (χ1) is 10.3. The molecule has 0 saturated heterocycles. The first-order valence-corrected chi connectivity index (χ1v) is 7.48. The third-order valence-corrected chi connectivity index (χ3v) is 3.66. The van der Waals surface area contributed by atoms with Crippen LogP contribution in [-0.4, -0.2) is 24.3 Å². The van der Waals surface area contributed by atoms with Crippen molar-refractivity contribution in [2.24, 2.45) is 0 Å². The van der Waals surface area contributed by atoms with Gasteiger partial charge in [-0.2, -0.15) is 0 Å². The van der Waals surface area contributed by atoms with Gasteiger partial charge in [-0.05, 0) is 48.7 Å². The Balaban J connectivity index is 1.41. The van der Waals surface area contributed by atoms with Crippen LogP contribution in [-0.2, 0) is 13.1 Å². The van der Waals surface area contributed by atoms with Crippen LogP contribution in [0, 0.1) is 0 Å². The molecule has 1 saturated carbocycles. The van der Waals surface area contributed by atoms with Gasteiger partial charge in [0.05, 0.1) is 13.7 Å². The van der Waals surface area contributed by atoms with Gasteiger partial charge in [-0.15, -0.1) is 0 Å². The van der Waals surface area contributed by atoms with Crippen molar-refractivity contribution in [3.8, 4) is 11.5 Å². The molecule has 1 aromatic heterocycles. The van der Waals surface area contributed by atoms with E-state index >= 15 is 0 Å². The van der Waals surface area contributed by atoms with Crippen LogP contribution < -0.4 is 14.8 Å². The second-order valence-electron chi connectivity index (χ2n) is 5.44. The number of aromatic nitrogens is 1.